The lowest BCUT2D eigenvalue weighted by atomic mass is 10.0. The van der Waals surface area contributed by atoms with Gasteiger partial charge in [-0.15, -0.1) is 11.3 Å². The first kappa shape index (κ1) is 11.6. The Balaban J connectivity index is 2.15. The van der Waals surface area contributed by atoms with E-state index in [1.807, 2.05) is 18.7 Å². The highest BCUT2D eigenvalue weighted by Gasteiger charge is 2.24. The highest BCUT2D eigenvalue weighted by molar-refractivity contribution is 7.13. The standard InChI is InChI=1S/C12H18N2OS/c1-8-5-4-6-14(7-8)12(15)11-9(2)13-10(3)16-11/h8H,4-7H2,1-3H3/t8-/m0/s1. The first-order valence-corrected chi connectivity index (χ1v) is 6.63. The lowest BCUT2D eigenvalue weighted by molar-refractivity contribution is 0.0687. The van der Waals surface area contributed by atoms with Gasteiger partial charge in [-0.3, -0.25) is 4.79 Å². The lowest BCUT2D eigenvalue weighted by Gasteiger charge is -2.30. The number of amides is 1. The van der Waals surface area contributed by atoms with E-state index in [-0.39, 0.29) is 5.91 Å². The van der Waals surface area contributed by atoms with Crippen molar-refractivity contribution in [1.29, 1.82) is 0 Å². The number of nitrogens with zero attached hydrogens (tertiary/aromatic N) is 2. The summed E-state index contributed by atoms with van der Waals surface area (Å²) in [6.45, 7) is 7.89. The van der Waals surface area contributed by atoms with E-state index in [9.17, 15) is 4.79 Å². The van der Waals surface area contributed by atoms with Gasteiger partial charge in [0, 0.05) is 13.1 Å². The van der Waals surface area contributed by atoms with Crippen molar-refractivity contribution in [2.24, 2.45) is 5.92 Å². The Hall–Kier alpha value is -0.900. The number of hydrogen-bond donors (Lipinski definition) is 0. The molecule has 0 N–H and O–H groups in total. The van der Waals surface area contributed by atoms with E-state index in [1.165, 1.54) is 17.8 Å². The number of aryl methyl sites for hydroxylation is 2. The summed E-state index contributed by atoms with van der Waals surface area (Å²) in [5, 5.41) is 0.978. The minimum absolute atomic E-state index is 0.176. The summed E-state index contributed by atoms with van der Waals surface area (Å²) in [5.74, 6) is 0.807. The average molecular weight is 238 g/mol. The van der Waals surface area contributed by atoms with Crippen molar-refractivity contribution in [3.63, 3.8) is 0 Å². The van der Waals surface area contributed by atoms with Gasteiger partial charge in [0.25, 0.3) is 5.91 Å². The van der Waals surface area contributed by atoms with Gasteiger partial charge < -0.3 is 4.90 Å². The zero-order valence-electron chi connectivity index (χ0n) is 10.1. The molecule has 2 rings (SSSR count). The van der Waals surface area contributed by atoms with Crippen LogP contribution in [0.25, 0.3) is 0 Å². The van der Waals surface area contributed by atoms with Gasteiger partial charge in [0.1, 0.15) is 4.88 Å². The van der Waals surface area contributed by atoms with Crippen molar-refractivity contribution < 1.29 is 4.79 Å². The quantitative estimate of drug-likeness (QED) is 0.753. The van der Waals surface area contributed by atoms with E-state index in [0.717, 1.165) is 35.1 Å². The maximum Gasteiger partial charge on any atom is 0.265 e. The zero-order valence-corrected chi connectivity index (χ0v) is 10.9. The normalized spacial score (nSPS) is 21.2. The van der Waals surface area contributed by atoms with Gasteiger partial charge >= 0.3 is 0 Å². The molecule has 1 fully saturated rings. The summed E-state index contributed by atoms with van der Waals surface area (Å²) in [4.78, 5) is 19.4. The van der Waals surface area contributed by atoms with Crippen LogP contribution in [0.2, 0.25) is 0 Å². The Morgan fingerprint density at radius 1 is 1.50 bits per heavy atom. The van der Waals surface area contributed by atoms with Gasteiger partial charge in [0.15, 0.2) is 0 Å². The van der Waals surface area contributed by atoms with Crippen LogP contribution in [0, 0.1) is 19.8 Å². The van der Waals surface area contributed by atoms with E-state index < -0.39 is 0 Å². The minimum Gasteiger partial charge on any atom is -0.338 e. The van der Waals surface area contributed by atoms with Crippen LogP contribution in [-0.4, -0.2) is 28.9 Å². The number of thiazole rings is 1. The summed E-state index contributed by atoms with van der Waals surface area (Å²) in [6, 6.07) is 0. The van der Waals surface area contributed by atoms with Gasteiger partial charge in [0.05, 0.1) is 10.7 Å². The molecular weight excluding hydrogens is 220 g/mol. The number of carbonyl (C=O) groups is 1. The van der Waals surface area contributed by atoms with E-state index in [2.05, 4.69) is 11.9 Å². The van der Waals surface area contributed by atoms with Crippen LogP contribution < -0.4 is 0 Å². The molecule has 0 spiro atoms. The van der Waals surface area contributed by atoms with E-state index in [1.54, 1.807) is 0 Å². The summed E-state index contributed by atoms with van der Waals surface area (Å²) >= 11 is 1.52. The molecule has 1 saturated heterocycles. The van der Waals surface area contributed by atoms with Crippen molar-refractivity contribution in [2.75, 3.05) is 13.1 Å². The maximum atomic E-state index is 12.3. The lowest BCUT2D eigenvalue weighted by Crippen LogP contribution is -2.39. The molecule has 0 aliphatic carbocycles. The Morgan fingerprint density at radius 3 is 2.81 bits per heavy atom. The van der Waals surface area contributed by atoms with Crippen LogP contribution in [-0.2, 0) is 0 Å². The molecule has 0 aromatic carbocycles. The van der Waals surface area contributed by atoms with Crippen LogP contribution in [0.4, 0.5) is 0 Å². The van der Waals surface area contributed by atoms with Gasteiger partial charge in [-0.25, -0.2) is 4.98 Å². The topological polar surface area (TPSA) is 33.2 Å². The Morgan fingerprint density at radius 2 is 2.25 bits per heavy atom. The van der Waals surface area contributed by atoms with E-state index in [0.29, 0.717) is 5.92 Å². The van der Waals surface area contributed by atoms with Crippen LogP contribution >= 0.6 is 11.3 Å². The van der Waals surface area contributed by atoms with Crippen molar-refractivity contribution >= 4 is 17.2 Å². The van der Waals surface area contributed by atoms with Crippen LogP contribution in [0.15, 0.2) is 0 Å². The first-order chi connectivity index (χ1) is 7.58. The number of carbonyl (C=O) groups excluding carboxylic acids is 1. The predicted octanol–water partition coefficient (Wildman–Crippen LogP) is 2.63. The number of rotatable bonds is 1. The predicted molar refractivity (Wildman–Crippen MR) is 65.9 cm³/mol. The second-order valence-corrected chi connectivity index (χ2v) is 5.85. The SMILES string of the molecule is Cc1nc(C)c(C(=O)N2CCC[C@H](C)C2)s1. The van der Waals surface area contributed by atoms with Crippen molar-refractivity contribution in [1.82, 2.24) is 9.88 Å². The number of likely N-dealkylation sites (tertiary alicyclic amines) is 1. The van der Waals surface area contributed by atoms with Gasteiger partial charge in [-0.1, -0.05) is 6.92 Å². The molecule has 0 bridgehead atoms. The third kappa shape index (κ3) is 2.26. The smallest absolute Gasteiger partial charge is 0.265 e. The van der Waals surface area contributed by atoms with Crippen LogP contribution in [0.3, 0.4) is 0 Å². The molecule has 0 unspecified atom stereocenters. The van der Waals surface area contributed by atoms with E-state index >= 15 is 0 Å². The number of piperidine rings is 1. The fourth-order valence-electron chi connectivity index (χ4n) is 2.25. The monoisotopic (exact) mass is 238 g/mol. The molecule has 88 valence electrons. The fraction of sp³-hybridized carbons (Fsp3) is 0.667. The largest absolute Gasteiger partial charge is 0.338 e. The van der Waals surface area contributed by atoms with Gasteiger partial charge in [-0.2, -0.15) is 0 Å². The number of hydrogen-bond acceptors (Lipinski definition) is 3. The summed E-state index contributed by atoms with van der Waals surface area (Å²) < 4.78 is 0. The molecule has 0 radical (unpaired) electrons. The molecule has 1 aliphatic heterocycles. The highest BCUT2D eigenvalue weighted by Crippen LogP contribution is 2.23. The third-order valence-corrected chi connectivity index (χ3v) is 4.10. The first-order valence-electron chi connectivity index (χ1n) is 5.81. The highest BCUT2D eigenvalue weighted by atomic mass is 32.1. The second kappa shape index (κ2) is 4.53. The molecule has 1 atom stereocenters. The van der Waals surface area contributed by atoms with E-state index in [4.69, 9.17) is 0 Å². The maximum absolute atomic E-state index is 12.3. The van der Waals surface area contributed by atoms with Crippen LogP contribution in [0.5, 0.6) is 0 Å². The Kier molecular flexibility index (Phi) is 3.28. The number of aromatic nitrogens is 1. The molecule has 3 nitrogen and oxygen atoms in total. The Bertz CT molecular complexity index is 400. The molecule has 1 aliphatic rings. The molecular formula is C12H18N2OS. The van der Waals surface area contributed by atoms with Crippen LogP contribution in [0.1, 0.15) is 40.1 Å². The Labute approximate surface area is 100 Å². The van der Waals surface area contributed by atoms with Crippen molar-refractivity contribution in [3.05, 3.63) is 15.6 Å². The third-order valence-electron chi connectivity index (χ3n) is 3.04. The average Bonchev–Trinajstić information content (AvgIpc) is 2.57. The summed E-state index contributed by atoms with van der Waals surface area (Å²) in [7, 11) is 0. The molecule has 1 aromatic rings. The molecule has 1 amide bonds. The zero-order chi connectivity index (χ0) is 11.7. The molecule has 16 heavy (non-hydrogen) atoms. The van der Waals surface area contributed by atoms with Gasteiger partial charge in [-0.05, 0) is 32.6 Å². The molecule has 0 saturated carbocycles. The molecule has 2 heterocycles. The van der Waals surface area contributed by atoms with Crippen molar-refractivity contribution in [2.45, 2.75) is 33.6 Å². The second-order valence-electron chi connectivity index (χ2n) is 4.65. The summed E-state index contributed by atoms with van der Waals surface area (Å²) in [5.41, 5.74) is 0.880. The minimum atomic E-state index is 0.176. The fourth-order valence-corrected chi connectivity index (χ4v) is 3.13. The molecule has 4 heteroatoms. The van der Waals surface area contributed by atoms with Gasteiger partial charge in [0.2, 0.25) is 0 Å². The van der Waals surface area contributed by atoms with Crippen molar-refractivity contribution in [3.8, 4) is 0 Å². The summed E-state index contributed by atoms with van der Waals surface area (Å²) in [6.07, 6.45) is 2.37. The molecule has 1 aromatic heterocycles.